The van der Waals surface area contributed by atoms with E-state index in [0.29, 0.717) is 23.1 Å². The third-order valence-electron chi connectivity index (χ3n) is 2.97. The van der Waals surface area contributed by atoms with Gasteiger partial charge in [0, 0.05) is 12.7 Å². The fourth-order valence-corrected chi connectivity index (χ4v) is 1.99. The predicted molar refractivity (Wildman–Crippen MR) is 82.2 cm³/mol. The molecule has 0 fully saturated rings. The summed E-state index contributed by atoms with van der Waals surface area (Å²) in [5.74, 6) is 1.07. The normalized spacial score (nSPS) is 14.0. The highest BCUT2D eigenvalue weighted by molar-refractivity contribution is 6.35. The molecule has 1 aliphatic rings. The minimum atomic E-state index is -0.315. The van der Waals surface area contributed by atoms with Gasteiger partial charge < -0.3 is 14.8 Å². The van der Waals surface area contributed by atoms with Gasteiger partial charge in [0.1, 0.15) is 0 Å². The summed E-state index contributed by atoms with van der Waals surface area (Å²) in [7, 11) is 1.45. The summed E-state index contributed by atoms with van der Waals surface area (Å²) >= 11 is 6.02. The second-order valence-corrected chi connectivity index (χ2v) is 4.79. The largest absolute Gasteiger partial charge is 0.454 e. The van der Waals surface area contributed by atoms with Crippen LogP contribution in [0, 0.1) is 0 Å². The van der Waals surface area contributed by atoms with Gasteiger partial charge in [0.15, 0.2) is 11.5 Å². The Labute approximate surface area is 133 Å². The molecule has 0 saturated heterocycles. The van der Waals surface area contributed by atoms with Gasteiger partial charge in [-0.05, 0) is 24.6 Å². The molecule has 0 atom stereocenters. The molecule has 0 aliphatic carbocycles. The van der Waals surface area contributed by atoms with Crippen molar-refractivity contribution in [1.29, 1.82) is 0 Å². The lowest BCUT2D eigenvalue weighted by Crippen LogP contribution is -2.26. The number of hydrogen-bond acceptors (Lipinski definition) is 5. The summed E-state index contributed by atoms with van der Waals surface area (Å²) in [5, 5.41) is 3.12. The van der Waals surface area contributed by atoms with E-state index in [2.05, 4.69) is 10.8 Å². The number of hydrogen-bond donors (Lipinski definition) is 2. The molecule has 2 N–H and O–H groups in total. The van der Waals surface area contributed by atoms with Crippen LogP contribution >= 0.6 is 11.6 Å². The summed E-state index contributed by atoms with van der Waals surface area (Å²) in [6.45, 7) is 2.30. The van der Waals surface area contributed by atoms with E-state index in [0.717, 1.165) is 5.56 Å². The van der Waals surface area contributed by atoms with Gasteiger partial charge >= 0.3 is 0 Å². The van der Waals surface area contributed by atoms with Crippen molar-refractivity contribution >= 4 is 17.5 Å². The number of halogens is 1. The maximum absolute atomic E-state index is 12.2. The maximum atomic E-state index is 12.2. The van der Waals surface area contributed by atoms with E-state index in [1.807, 2.05) is 18.2 Å². The average Bonchev–Trinajstić information content (AvgIpc) is 3.00. The van der Waals surface area contributed by atoms with E-state index in [1.165, 1.54) is 13.3 Å². The molecule has 0 aromatic heterocycles. The lowest BCUT2D eigenvalue weighted by molar-refractivity contribution is -0.117. The van der Waals surface area contributed by atoms with E-state index >= 15 is 0 Å². The number of nitrogens with one attached hydrogen (secondary N) is 2. The van der Waals surface area contributed by atoms with Crippen LogP contribution in [-0.4, -0.2) is 19.8 Å². The summed E-state index contributed by atoms with van der Waals surface area (Å²) < 4.78 is 10.5. The van der Waals surface area contributed by atoms with Gasteiger partial charge in [0.05, 0.1) is 17.7 Å². The van der Waals surface area contributed by atoms with Gasteiger partial charge in [-0.15, -0.1) is 0 Å². The second kappa shape index (κ2) is 7.72. The lowest BCUT2D eigenvalue weighted by atomic mass is 10.2. The molecular formula is C15H17ClN2O4. The van der Waals surface area contributed by atoms with Crippen LogP contribution in [0.1, 0.15) is 12.5 Å². The molecule has 1 amide bonds. The van der Waals surface area contributed by atoms with Crippen molar-refractivity contribution in [1.82, 2.24) is 10.8 Å². The lowest BCUT2D eigenvalue weighted by Gasteiger charge is -2.09. The number of allylic oxidation sites excluding steroid dienone is 1. The number of hydroxylamine groups is 1. The zero-order valence-corrected chi connectivity index (χ0v) is 13.1. The Hall–Kier alpha value is -2.18. The number of ether oxygens (including phenoxy) is 2. The highest BCUT2D eigenvalue weighted by Gasteiger charge is 2.15. The third kappa shape index (κ3) is 3.93. The topological polar surface area (TPSA) is 68.8 Å². The molecule has 1 aromatic rings. The number of carbonyl (C=O) groups is 1. The Morgan fingerprint density at radius 1 is 1.41 bits per heavy atom. The fourth-order valence-electron chi connectivity index (χ4n) is 1.84. The second-order valence-electron chi connectivity index (χ2n) is 4.39. The van der Waals surface area contributed by atoms with Crippen LogP contribution in [0.2, 0.25) is 0 Å². The molecule has 0 bridgehead atoms. The van der Waals surface area contributed by atoms with Crippen LogP contribution in [0.5, 0.6) is 11.5 Å². The predicted octanol–water partition coefficient (Wildman–Crippen LogP) is 2.21. The molecule has 0 unspecified atom stereocenters. The summed E-state index contributed by atoms with van der Waals surface area (Å²) in [5.41, 5.74) is 3.67. The molecule has 0 spiro atoms. The van der Waals surface area contributed by atoms with E-state index in [-0.39, 0.29) is 18.3 Å². The van der Waals surface area contributed by atoms with E-state index in [4.69, 9.17) is 25.9 Å². The smallest absolute Gasteiger partial charge is 0.254 e. The first-order valence-corrected chi connectivity index (χ1v) is 7.01. The summed E-state index contributed by atoms with van der Waals surface area (Å²) in [6, 6.07) is 5.50. The van der Waals surface area contributed by atoms with Crippen molar-refractivity contribution < 1.29 is 19.1 Å². The summed E-state index contributed by atoms with van der Waals surface area (Å²) in [6.07, 6.45) is 3.03. The van der Waals surface area contributed by atoms with Gasteiger partial charge in [-0.25, -0.2) is 0 Å². The molecule has 22 heavy (non-hydrogen) atoms. The standard InChI is InChI=1S/C15H17ClN2O4/c1-3-12(16)11(8-18-20-2)15(19)17-7-10-4-5-13-14(6-10)22-9-21-13/h3-6,8,18H,7,9H2,1-2H3,(H,17,19)/b11-8+,12-3+. The van der Waals surface area contributed by atoms with Crippen molar-refractivity contribution in [2.24, 2.45) is 0 Å². The number of fused-ring (bicyclic) bond motifs is 1. The number of amides is 1. The van der Waals surface area contributed by atoms with Crippen LogP contribution < -0.4 is 20.3 Å². The Kier molecular flexibility index (Phi) is 5.68. The zero-order chi connectivity index (χ0) is 15.9. The fraction of sp³-hybridized carbons (Fsp3) is 0.267. The first-order valence-electron chi connectivity index (χ1n) is 6.63. The van der Waals surface area contributed by atoms with Crippen LogP contribution in [0.3, 0.4) is 0 Å². The number of carbonyl (C=O) groups excluding carboxylic acids is 1. The zero-order valence-electron chi connectivity index (χ0n) is 12.3. The van der Waals surface area contributed by atoms with Gasteiger partial charge in [0.2, 0.25) is 6.79 Å². The molecule has 1 heterocycles. The van der Waals surface area contributed by atoms with Gasteiger partial charge in [0.25, 0.3) is 5.91 Å². The Balaban J connectivity index is 2.01. The van der Waals surface area contributed by atoms with Crippen LogP contribution in [0.4, 0.5) is 0 Å². The average molecular weight is 325 g/mol. The molecule has 7 heteroatoms. The van der Waals surface area contributed by atoms with Crippen molar-refractivity contribution in [3.8, 4) is 11.5 Å². The Morgan fingerprint density at radius 3 is 2.91 bits per heavy atom. The quantitative estimate of drug-likeness (QED) is 0.477. The Bertz CT molecular complexity index is 614. The van der Waals surface area contributed by atoms with Gasteiger partial charge in [-0.2, -0.15) is 0 Å². The molecule has 1 aliphatic heterocycles. The van der Waals surface area contributed by atoms with Crippen LogP contribution in [-0.2, 0) is 16.2 Å². The minimum absolute atomic E-state index is 0.220. The van der Waals surface area contributed by atoms with Crippen molar-refractivity contribution in [2.75, 3.05) is 13.9 Å². The van der Waals surface area contributed by atoms with Crippen molar-refractivity contribution in [2.45, 2.75) is 13.5 Å². The molecule has 1 aromatic carbocycles. The van der Waals surface area contributed by atoms with E-state index < -0.39 is 0 Å². The highest BCUT2D eigenvalue weighted by Crippen LogP contribution is 2.32. The summed E-state index contributed by atoms with van der Waals surface area (Å²) in [4.78, 5) is 16.9. The number of rotatable bonds is 6. The number of benzene rings is 1. The maximum Gasteiger partial charge on any atom is 0.254 e. The Morgan fingerprint density at radius 2 is 2.18 bits per heavy atom. The van der Waals surface area contributed by atoms with Crippen molar-refractivity contribution in [3.63, 3.8) is 0 Å². The van der Waals surface area contributed by atoms with Crippen LogP contribution in [0.15, 0.2) is 41.1 Å². The highest BCUT2D eigenvalue weighted by atomic mass is 35.5. The van der Waals surface area contributed by atoms with Gasteiger partial charge in [-0.3, -0.25) is 15.1 Å². The van der Waals surface area contributed by atoms with E-state index in [1.54, 1.807) is 13.0 Å². The first kappa shape index (κ1) is 16.2. The molecular weight excluding hydrogens is 308 g/mol. The first-order chi connectivity index (χ1) is 10.7. The molecule has 118 valence electrons. The monoisotopic (exact) mass is 324 g/mol. The van der Waals surface area contributed by atoms with Gasteiger partial charge in [-0.1, -0.05) is 23.7 Å². The minimum Gasteiger partial charge on any atom is -0.454 e. The van der Waals surface area contributed by atoms with E-state index in [9.17, 15) is 4.79 Å². The molecule has 6 nitrogen and oxygen atoms in total. The van der Waals surface area contributed by atoms with Crippen molar-refractivity contribution in [3.05, 3.63) is 46.6 Å². The third-order valence-corrected chi connectivity index (χ3v) is 3.39. The van der Waals surface area contributed by atoms with Crippen LogP contribution in [0.25, 0.3) is 0 Å². The molecule has 0 radical (unpaired) electrons. The molecule has 2 rings (SSSR count). The SMILES string of the molecule is C/C=C(Cl)\C(=C/NOC)C(=O)NCc1ccc2c(c1)OCO2. The molecule has 0 saturated carbocycles.